The van der Waals surface area contributed by atoms with Crippen molar-refractivity contribution in [3.63, 3.8) is 0 Å². The Hall–Kier alpha value is -3.58. The zero-order valence-corrected chi connectivity index (χ0v) is 19.5. The molecule has 0 radical (unpaired) electrons. The second-order valence-electron chi connectivity index (χ2n) is 5.81. The molecule has 0 aromatic carbocycles. The molecule has 0 atom stereocenters. The largest absolute Gasteiger partial charge is 0.423 e. The minimum Gasteiger partial charge on any atom is -0.423 e. The number of anilines is 1. The Balaban J connectivity index is 0.000000192. The van der Waals surface area contributed by atoms with E-state index in [2.05, 4.69) is 29.9 Å². The smallest absolute Gasteiger partial charge is 0.322 e. The highest BCUT2D eigenvalue weighted by atomic mass is 35.5. The normalized spacial score (nSPS) is 10.1. The molecule has 34 heavy (non-hydrogen) atoms. The Kier molecular flexibility index (Phi) is 8.49. The van der Waals surface area contributed by atoms with E-state index in [4.69, 9.17) is 61.6 Å². The number of hydrogen-bond acceptors (Lipinski definition) is 11. The summed E-state index contributed by atoms with van der Waals surface area (Å²) in [5, 5.41) is 11.0. The molecule has 4 rings (SSSR count). The Morgan fingerprint density at radius 1 is 0.735 bits per heavy atom. The first-order chi connectivity index (χ1) is 16.2. The van der Waals surface area contributed by atoms with Crippen LogP contribution in [0.15, 0.2) is 49.3 Å². The van der Waals surface area contributed by atoms with Gasteiger partial charge in [0, 0.05) is 24.5 Å². The maximum absolute atomic E-state index is 10.4. The summed E-state index contributed by atoms with van der Waals surface area (Å²) in [6, 6.07) is 3.09. The summed E-state index contributed by atoms with van der Waals surface area (Å²) >= 11 is 23.1. The summed E-state index contributed by atoms with van der Waals surface area (Å²) in [5.74, 6) is 0.553. The highest BCUT2D eigenvalue weighted by Crippen LogP contribution is 2.33. The summed E-state index contributed by atoms with van der Waals surface area (Å²) in [6.45, 7) is 0. The van der Waals surface area contributed by atoms with Crippen LogP contribution in [0.4, 0.5) is 11.4 Å². The second kappa shape index (κ2) is 11.5. The Morgan fingerprint density at radius 3 is 1.56 bits per heavy atom. The minimum absolute atomic E-state index is 0.0789. The minimum atomic E-state index is -0.611. The van der Waals surface area contributed by atoms with Crippen LogP contribution in [0.2, 0.25) is 20.4 Å². The number of pyridine rings is 2. The van der Waals surface area contributed by atoms with Crippen LogP contribution in [0.3, 0.4) is 0 Å². The summed E-state index contributed by atoms with van der Waals surface area (Å²) in [4.78, 5) is 32.4. The zero-order valence-electron chi connectivity index (χ0n) is 16.5. The summed E-state index contributed by atoms with van der Waals surface area (Å²) in [6.07, 6.45) is 7.78. The maximum Gasteiger partial charge on any atom is 0.322 e. The predicted molar refractivity (Wildman–Crippen MR) is 124 cm³/mol. The number of halogens is 4. The van der Waals surface area contributed by atoms with Gasteiger partial charge in [0.2, 0.25) is 0 Å². The van der Waals surface area contributed by atoms with Crippen molar-refractivity contribution in [2.24, 2.45) is 0 Å². The van der Waals surface area contributed by atoms with Crippen molar-refractivity contribution in [1.29, 1.82) is 0 Å². The molecule has 4 heterocycles. The van der Waals surface area contributed by atoms with Gasteiger partial charge in [-0.2, -0.15) is 9.97 Å². The maximum atomic E-state index is 10.4. The predicted octanol–water partition coefficient (Wildman–Crippen LogP) is 5.43. The molecule has 0 aliphatic carbocycles. The molecule has 0 bridgehead atoms. The van der Waals surface area contributed by atoms with E-state index in [1.54, 1.807) is 6.07 Å². The molecule has 0 amide bonds. The van der Waals surface area contributed by atoms with Crippen LogP contribution >= 0.6 is 46.4 Å². The number of hydrogen-bond donors (Lipinski definition) is 1. The van der Waals surface area contributed by atoms with Crippen molar-refractivity contribution in [2.75, 3.05) is 5.73 Å². The van der Waals surface area contributed by atoms with Crippen molar-refractivity contribution in [1.82, 2.24) is 29.9 Å². The lowest BCUT2D eigenvalue weighted by atomic mass is 10.4. The fraction of sp³-hybridized carbons (Fsp3) is 0. The molecule has 16 heteroatoms. The SMILES string of the molecule is Nc1cnc(Oc2ccnc(Cl)c2Cl)nc1.O=[N+]([O-])c1cnc(Oc2ccnc(Cl)c2Cl)nc1. The van der Waals surface area contributed by atoms with Gasteiger partial charge in [0.05, 0.1) is 23.0 Å². The lowest BCUT2D eigenvalue weighted by Gasteiger charge is -2.05. The number of nitrogen functional groups attached to an aromatic ring is 1. The van der Waals surface area contributed by atoms with Crippen LogP contribution in [0.1, 0.15) is 0 Å². The molecule has 0 spiro atoms. The van der Waals surface area contributed by atoms with Crippen LogP contribution in [-0.2, 0) is 0 Å². The van der Waals surface area contributed by atoms with E-state index < -0.39 is 4.92 Å². The van der Waals surface area contributed by atoms with Crippen molar-refractivity contribution in [2.45, 2.75) is 0 Å². The molecule has 0 aliphatic rings. The van der Waals surface area contributed by atoms with Gasteiger partial charge in [0.1, 0.15) is 22.4 Å². The average Bonchev–Trinajstić information content (AvgIpc) is 2.82. The first-order valence-electron chi connectivity index (χ1n) is 8.74. The van der Waals surface area contributed by atoms with E-state index in [9.17, 15) is 10.1 Å². The van der Waals surface area contributed by atoms with E-state index in [0.29, 0.717) is 11.4 Å². The van der Waals surface area contributed by atoms with E-state index in [-0.39, 0.29) is 43.8 Å². The quantitative estimate of drug-likeness (QED) is 0.193. The molecule has 0 saturated heterocycles. The molecule has 0 aliphatic heterocycles. The molecule has 0 unspecified atom stereocenters. The second-order valence-corrected chi connectivity index (χ2v) is 7.28. The van der Waals surface area contributed by atoms with Gasteiger partial charge in [-0.15, -0.1) is 0 Å². The zero-order chi connectivity index (χ0) is 24.7. The molecular weight excluding hydrogens is 534 g/mol. The van der Waals surface area contributed by atoms with Crippen LogP contribution in [0.25, 0.3) is 0 Å². The van der Waals surface area contributed by atoms with Gasteiger partial charge in [-0.25, -0.2) is 19.9 Å². The fourth-order valence-electron chi connectivity index (χ4n) is 1.99. The van der Waals surface area contributed by atoms with Crippen LogP contribution in [0.5, 0.6) is 23.5 Å². The molecule has 0 fully saturated rings. The summed E-state index contributed by atoms with van der Waals surface area (Å²) < 4.78 is 10.5. The number of ether oxygens (including phenoxy) is 2. The van der Waals surface area contributed by atoms with Gasteiger partial charge in [0.25, 0.3) is 0 Å². The topological polar surface area (TPSA) is 165 Å². The summed E-state index contributed by atoms with van der Waals surface area (Å²) in [7, 11) is 0. The Morgan fingerprint density at radius 2 is 1.15 bits per heavy atom. The average molecular weight is 544 g/mol. The number of nitro groups is 1. The van der Waals surface area contributed by atoms with Gasteiger partial charge in [-0.1, -0.05) is 46.4 Å². The fourth-order valence-corrected chi connectivity index (χ4v) is 2.59. The highest BCUT2D eigenvalue weighted by Gasteiger charge is 2.12. The van der Waals surface area contributed by atoms with Gasteiger partial charge >= 0.3 is 17.7 Å². The molecule has 12 nitrogen and oxygen atoms in total. The third-order valence-corrected chi connectivity index (χ3v) is 5.00. The van der Waals surface area contributed by atoms with Gasteiger partial charge < -0.3 is 15.2 Å². The first-order valence-corrected chi connectivity index (χ1v) is 10.3. The van der Waals surface area contributed by atoms with Crippen molar-refractivity contribution in [3.8, 4) is 23.5 Å². The van der Waals surface area contributed by atoms with Gasteiger partial charge in [-0.3, -0.25) is 10.1 Å². The third kappa shape index (κ3) is 6.71. The Labute approximate surface area is 210 Å². The molecule has 4 aromatic heterocycles. The van der Waals surface area contributed by atoms with Gasteiger partial charge in [-0.05, 0) is 0 Å². The molecular formula is C18H10Cl4N8O4. The third-order valence-electron chi connectivity index (χ3n) is 3.50. The molecule has 4 aromatic rings. The Bertz CT molecular complexity index is 1300. The molecule has 174 valence electrons. The molecule has 0 saturated carbocycles. The lowest BCUT2D eigenvalue weighted by molar-refractivity contribution is -0.385. The van der Waals surface area contributed by atoms with Crippen molar-refractivity contribution < 1.29 is 14.4 Å². The monoisotopic (exact) mass is 542 g/mol. The molecule has 2 N–H and O–H groups in total. The van der Waals surface area contributed by atoms with E-state index in [1.807, 2.05) is 0 Å². The van der Waals surface area contributed by atoms with Crippen molar-refractivity contribution in [3.05, 3.63) is 79.8 Å². The van der Waals surface area contributed by atoms with Crippen molar-refractivity contribution >= 4 is 57.8 Å². The first kappa shape index (κ1) is 25.1. The lowest BCUT2D eigenvalue weighted by Crippen LogP contribution is -1.95. The number of nitrogens with two attached hydrogens (primary N) is 1. The standard InChI is InChI=1S/C9H4Cl2N4O3.C9H6Cl2N4O/c10-7-6(1-2-12-8(7)11)18-9-13-3-5(4-14-9)15(16)17;10-7-6(1-2-13-8(7)11)16-9-14-3-5(12)4-15-9/h1-4H;1-4H,12H2. The van der Waals surface area contributed by atoms with Crippen LogP contribution < -0.4 is 15.2 Å². The van der Waals surface area contributed by atoms with E-state index in [1.165, 1.54) is 30.9 Å². The van der Waals surface area contributed by atoms with Crippen LogP contribution in [-0.4, -0.2) is 34.8 Å². The van der Waals surface area contributed by atoms with E-state index in [0.717, 1.165) is 12.4 Å². The van der Waals surface area contributed by atoms with Crippen LogP contribution in [0, 0.1) is 10.1 Å². The van der Waals surface area contributed by atoms with Gasteiger partial charge in [0.15, 0.2) is 21.8 Å². The number of nitrogens with zero attached hydrogens (tertiary/aromatic N) is 7. The summed E-state index contributed by atoms with van der Waals surface area (Å²) in [5.41, 5.74) is 5.65. The highest BCUT2D eigenvalue weighted by molar-refractivity contribution is 6.42. The number of aromatic nitrogens is 6. The van der Waals surface area contributed by atoms with E-state index >= 15 is 0 Å². The number of rotatable bonds is 5.